The van der Waals surface area contributed by atoms with Gasteiger partial charge in [-0.1, -0.05) is 24.3 Å². The summed E-state index contributed by atoms with van der Waals surface area (Å²) in [4.78, 5) is 23.7. The highest BCUT2D eigenvalue weighted by atomic mass is 16.6. The van der Waals surface area contributed by atoms with Crippen molar-refractivity contribution >= 4 is 17.3 Å². The number of carbonyl (C=O) groups is 1. The molecule has 1 heterocycles. The monoisotopic (exact) mass is 313 g/mol. The predicted molar refractivity (Wildman–Crippen MR) is 84.2 cm³/mol. The molecule has 1 atom stereocenters. The van der Waals surface area contributed by atoms with Gasteiger partial charge in [-0.15, -0.1) is 0 Å². The summed E-state index contributed by atoms with van der Waals surface area (Å²) in [7, 11) is 0. The first-order valence-corrected chi connectivity index (χ1v) is 7.08. The van der Waals surface area contributed by atoms with E-state index in [2.05, 4.69) is 0 Å². The van der Waals surface area contributed by atoms with Gasteiger partial charge in [0.2, 0.25) is 0 Å². The van der Waals surface area contributed by atoms with E-state index in [9.17, 15) is 14.9 Å². The second-order valence-corrected chi connectivity index (χ2v) is 5.28. The molecule has 23 heavy (non-hydrogen) atoms. The molecule has 0 saturated carbocycles. The number of nitrogens with zero attached hydrogens (tertiary/aromatic N) is 2. The van der Waals surface area contributed by atoms with E-state index in [1.807, 2.05) is 23.1 Å². The van der Waals surface area contributed by atoms with Gasteiger partial charge in [-0.2, -0.15) is 0 Å². The minimum atomic E-state index is -0.719. The number of anilines is 1. The highest BCUT2D eigenvalue weighted by Gasteiger charge is 2.29. The number of amides is 1. The van der Waals surface area contributed by atoms with Crippen molar-refractivity contribution in [1.29, 1.82) is 0 Å². The lowest BCUT2D eigenvalue weighted by atomic mass is 10.1. The first-order chi connectivity index (χ1) is 11.0. The van der Waals surface area contributed by atoms with E-state index in [0.29, 0.717) is 18.8 Å². The van der Waals surface area contributed by atoms with Gasteiger partial charge in [0, 0.05) is 18.7 Å². The summed E-state index contributed by atoms with van der Waals surface area (Å²) < 4.78 is 5.61. The van der Waals surface area contributed by atoms with Gasteiger partial charge in [0.15, 0.2) is 6.10 Å². The largest absolute Gasteiger partial charge is 0.477 e. The van der Waals surface area contributed by atoms with Crippen molar-refractivity contribution in [3.05, 3.63) is 64.2 Å². The van der Waals surface area contributed by atoms with Crippen LogP contribution in [0.2, 0.25) is 0 Å². The van der Waals surface area contributed by atoms with Crippen LogP contribution in [0.15, 0.2) is 48.5 Å². The van der Waals surface area contributed by atoms with E-state index in [-0.39, 0.29) is 5.69 Å². The number of para-hydroxylation sites is 2. The van der Waals surface area contributed by atoms with Crippen molar-refractivity contribution in [2.75, 3.05) is 11.4 Å². The first-order valence-electron chi connectivity index (χ1n) is 7.08. The quantitative estimate of drug-likeness (QED) is 0.686. The molecule has 3 rings (SSSR count). The summed E-state index contributed by atoms with van der Waals surface area (Å²) in [5.41, 5.74) is 7.18. The van der Waals surface area contributed by atoms with E-state index in [1.54, 1.807) is 18.2 Å². The van der Waals surface area contributed by atoms with Crippen LogP contribution in [-0.2, 0) is 11.3 Å². The van der Waals surface area contributed by atoms with Gasteiger partial charge < -0.3 is 15.4 Å². The maximum atomic E-state index is 11.5. The minimum absolute atomic E-state index is 0.0474. The number of nitro groups is 1. The van der Waals surface area contributed by atoms with Gasteiger partial charge in [-0.05, 0) is 17.7 Å². The fourth-order valence-electron chi connectivity index (χ4n) is 2.55. The van der Waals surface area contributed by atoms with Crippen LogP contribution in [0.4, 0.5) is 11.4 Å². The van der Waals surface area contributed by atoms with Crippen LogP contribution < -0.4 is 15.4 Å². The number of fused-ring (bicyclic) bond motifs is 1. The smallest absolute Gasteiger partial charge is 0.269 e. The standard InChI is InChI=1S/C16H15N3O4/c17-16(20)15-10-18(13-3-1-2-4-14(13)23-15)9-11-5-7-12(8-6-11)19(21)22/h1-8,15H,9-10H2,(H2,17,20). The topological polar surface area (TPSA) is 98.7 Å². The molecular formula is C16H15N3O4. The Balaban J connectivity index is 1.86. The third kappa shape index (κ3) is 3.08. The fraction of sp³-hybridized carbons (Fsp3) is 0.188. The highest BCUT2D eigenvalue weighted by molar-refractivity contribution is 5.81. The zero-order valence-electron chi connectivity index (χ0n) is 12.2. The van der Waals surface area contributed by atoms with Gasteiger partial charge in [-0.3, -0.25) is 14.9 Å². The van der Waals surface area contributed by atoms with Crippen molar-refractivity contribution in [2.24, 2.45) is 5.73 Å². The zero-order valence-corrected chi connectivity index (χ0v) is 12.2. The molecular weight excluding hydrogens is 298 g/mol. The average Bonchev–Trinajstić information content (AvgIpc) is 2.55. The zero-order chi connectivity index (χ0) is 16.4. The number of primary amides is 1. The minimum Gasteiger partial charge on any atom is -0.477 e. The SMILES string of the molecule is NC(=O)C1CN(Cc2ccc([N+](=O)[O-])cc2)c2ccccc2O1. The van der Waals surface area contributed by atoms with E-state index < -0.39 is 16.9 Å². The number of non-ortho nitro benzene ring substituents is 1. The van der Waals surface area contributed by atoms with Crippen molar-refractivity contribution in [3.63, 3.8) is 0 Å². The second kappa shape index (κ2) is 5.96. The Morgan fingerprint density at radius 2 is 1.96 bits per heavy atom. The van der Waals surface area contributed by atoms with Crippen LogP contribution in [0.25, 0.3) is 0 Å². The van der Waals surface area contributed by atoms with Crippen LogP contribution >= 0.6 is 0 Å². The Kier molecular flexibility index (Phi) is 3.84. The molecule has 0 aliphatic carbocycles. The second-order valence-electron chi connectivity index (χ2n) is 5.28. The van der Waals surface area contributed by atoms with Crippen LogP contribution in [0.3, 0.4) is 0 Å². The predicted octanol–water partition coefficient (Wildman–Crippen LogP) is 1.85. The number of carbonyl (C=O) groups excluding carboxylic acids is 1. The molecule has 0 spiro atoms. The van der Waals surface area contributed by atoms with E-state index in [1.165, 1.54) is 12.1 Å². The molecule has 2 N–H and O–H groups in total. The van der Waals surface area contributed by atoms with Crippen LogP contribution in [0.1, 0.15) is 5.56 Å². The third-order valence-corrected chi connectivity index (χ3v) is 3.70. The number of nitro benzene ring substituents is 1. The molecule has 0 saturated heterocycles. The molecule has 2 aromatic carbocycles. The summed E-state index contributed by atoms with van der Waals surface area (Å²) in [5.74, 6) is 0.0812. The molecule has 0 bridgehead atoms. The first kappa shape index (κ1) is 14.8. The van der Waals surface area contributed by atoms with Gasteiger partial charge in [0.05, 0.1) is 17.2 Å². The molecule has 118 valence electrons. The summed E-state index contributed by atoms with van der Waals surface area (Å²) in [6.07, 6.45) is -0.719. The van der Waals surface area contributed by atoms with Gasteiger partial charge in [-0.25, -0.2) is 0 Å². The molecule has 7 nitrogen and oxygen atoms in total. The Bertz CT molecular complexity index is 745. The van der Waals surface area contributed by atoms with Crippen molar-refractivity contribution in [2.45, 2.75) is 12.6 Å². The number of benzene rings is 2. The molecule has 7 heteroatoms. The highest BCUT2D eigenvalue weighted by Crippen LogP contribution is 2.34. The lowest BCUT2D eigenvalue weighted by Gasteiger charge is -2.35. The molecule has 1 amide bonds. The molecule has 1 unspecified atom stereocenters. The number of nitrogens with two attached hydrogens (primary N) is 1. The Hall–Kier alpha value is -3.09. The third-order valence-electron chi connectivity index (χ3n) is 3.70. The number of rotatable bonds is 4. The van der Waals surface area contributed by atoms with E-state index in [0.717, 1.165) is 11.3 Å². The number of hydrogen-bond acceptors (Lipinski definition) is 5. The summed E-state index contributed by atoms with van der Waals surface area (Å²) in [6.45, 7) is 0.839. The Morgan fingerprint density at radius 1 is 1.26 bits per heavy atom. The van der Waals surface area contributed by atoms with Crippen molar-refractivity contribution in [1.82, 2.24) is 0 Å². The lowest BCUT2D eigenvalue weighted by Crippen LogP contribution is -2.46. The molecule has 0 radical (unpaired) electrons. The van der Waals surface area contributed by atoms with Gasteiger partial charge in [0.1, 0.15) is 5.75 Å². The van der Waals surface area contributed by atoms with E-state index in [4.69, 9.17) is 10.5 Å². The van der Waals surface area contributed by atoms with Crippen LogP contribution in [0, 0.1) is 10.1 Å². The molecule has 2 aromatic rings. The van der Waals surface area contributed by atoms with Crippen molar-refractivity contribution < 1.29 is 14.5 Å². The lowest BCUT2D eigenvalue weighted by molar-refractivity contribution is -0.384. The molecule has 0 aromatic heterocycles. The van der Waals surface area contributed by atoms with Crippen LogP contribution in [0.5, 0.6) is 5.75 Å². The van der Waals surface area contributed by atoms with E-state index >= 15 is 0 Å². The molecule has 1 aliphatic rings. The van der Waals surface area contributed by atoms with Crippen molar-refractivity contribution in [3.8, 4) is 5.75 Å². The molecule has 0 fully saturated rings. The maximum absolute atomic E-state index is 11.5. The number of ether oxygens (including phenoxy) is 1. The summed E-state index contributed by atoms with van der Waals surface area (Å²) in [6, 6.07) is 13.7. The molecule has 1 aliphatic heterocycles. The summed E-state index contributed by atoms with van der Waals surface area (Å²) >= 11 is 0. The van der Waals surface area contributed by atoms with Gasteiger partial charge in [0.25, 0.3) is 11.6 Å². The maximum Gasteiger partial charge on any atom is 0.269 e. The number of hydrogen-bond donors (Lipinski definition) is 1. The summed E-state index contributed by atoms with van der Waals surface area (Å²) in [5, 5.41) is 10.7. The Labute approximate surface area is 132 Å². The fourth-order valence-corrected chi connectivity index (χ4v) is 2.55. The van der Waals surface area contributed by atoms with Crippen LogP contribution in [-0.4, -0.2) is 23.5 Å². The normalized spacial score (nSPS) is 16.3. The van der Waals surface area contributed by atoms with Gasteiger partial charge >= 0.3 is 0 Å². The Morgan fingerprint density at radius 3 is 2.61 bits per heavy atom. The average molecular weight is 313 g/mol.